The van der Waals surface area contributed by atoms with Crippen molar-refractivity contribution in [2.45, 2.75) is 49.2 Å². The molecule has 5 heteroatoms. The summed E-state index contributed by atoms with van der Waals surface area (Å²) in [6, 6.07) is 6.75. The Balaban J connectivity index is 1.70. The topological polar surface area (TPSA) is 48.7 Å². The van der Waals surface area contributed by atoms with Gasteiger partial charge in [-0.15, -0.1) is 11.8 Å². The van der Waals surface area contributed by atoms with Crippen LogP contribution in [0.25, 0.3) is 0 Å². The van der Waals surface area contributed by atoms with Crippen LogP contribution in [-0.2, 0) is 0 Å². The standard InChI is InChI=1S/C14H18ClN3S/c1-14(10-16,18-12-4-5-12)7-2-8-19-13-6-3-11(15)9-17-13/h3,6,9,12,18H,2,4-5,7-8H2,1H3. The van der Waals surface area contributed by atoms with E-state index in [-0.39, 0.29) is 5.54 Å². The zero-order valence-corrected chi connectivity index (χ0v) is 12.6. The highest BCUT2D eigenvalue weighted by Gasteiger charge is 2.31. The smallest absolute Gasteiger partial charge is 0.104 e. The average Bonchev–Trinajstić information content (AvgIpc) is 3.21. The van der Waals surface area contributed by atoms with Gasteiger partial charge in [-0.3, -0.25) is 5.32 Å². The summed E-state index contributed by atoms with van der Waals surface area (Å²) in [5.41, 5.74) is -0.380. The van der Waals surface area contributed by atoms with E-state index in [0.717, 1.165) is 23.6 Å². The van der Waals surface area contributed by atoms with Crippen molar-refractivity contribution in [2.24, 2.45) is 0 Å². The quantitative estimate of drug-likeness (QED) is 0.616. The molecule has 0 spiro atoms. The molecule has 0 amide bonds. The Morgan fingerprint density at radius 1 is 1.58 bits per heavy atom. The van der Waals surface area contributed by atoms with E-state index in [1.54, 1.807) is 18.0 Å². The molecule has 0 aliphatic heterocycles. The molecule has 1 unspecified atom stereocenters. The summed E-state index contributed by atoms with van der Waals surface area (Å²) < 4.78 is 0. The molecular formula is C14H18ClN3S. The molecule has 1 N–H and O–H groups in total. The van der Waals surface area contributed by atoms with Crippen molar-refractivity contribution in [3.05, 3.63) is 23.4 Å². The van der Waals surface area contributed by atoms with E-state index in [1.807, 2.05) is 19.1 Å². The molecule has 19 heavy (non-hydrogen) atoms. The highest BCUT2D eigenvalue weighted by atomic mass is 35.5. The molecule has 1 saturated carbocycles. The second-order valence-electron chi connectivity index (χ2n) is 5.13. The number of aromatic nitrogens is 1. The lowest BCUT2D eigenvalue weighted by Crippen LogP contribution is -2.42. The van der Waals surface area contributed by atoms with Gasteiger partial charge in [0.2, 0.25) is 0 Å². The highest BCUT2D eigenvalue weighted by Crippen LogP contribution is 2.25. The minimum atomic E-state index is -0.380. The molecule has 0 aromatic carbocycles. The fourth-order valence-electron chi connectivity index (χ4n) is 1.89. The van der Waals surface area contributed by atoms with Crippen molar-refractivity contribution in [2.75, 3.05) is 5.75 Å². The van der Waals surface area contributed by atoms with Crippen molar-refractivity contribution >= 4 is 23.4 Å². The normalized spacial score (nSPS) is 17.7. The SMILES string of the molecule is CC(C#N)(CCCSc1ccc(Cl)cn1)NC1CC1. The summed E-state index contributed by atoms with van der Waals surface area (Å²) in [5, 5.41) is 14.3. The van der Waals surface area contributed by atoms with Gasteiger partial charge in [0.1, 0.15) is 5.54 Å². The molecule has 1 aromatic heterocycles. The Morgan fingerprint density at radius 3 is 2.95 bits per heavy atom. The first kappa shape index (κ1) is 14.6. The maximum atomic E-state index is 9.26. The third-order valence-corrected chi connectivity index (χ3v) is 4.37. The van der Waals surface area contributed by atoms with Gasteiger partial charge in [0.25, 0.3) is 0 Å². The van der Waals surface area contributed by atoms with Gasteiger partial charge in [0.05, 0.1) is 16.1 Å². The lowest BCUT2D eigenvalue weighted by Gasteiger charge is -2.22. The monoisotopic (exact) mass is 295 g/mol. The molecule has 1 aliphatic rings. The molecule has 1 heterocycles. The van der Waals surface area contributed by atoms with Gasteiger partial charge in [-0.2, -0.15) is 5.26 Å². The van der Waals surface area contributed by atoms with Crippen LogP contribution in [0.2, 0.25) is 5.02 Å². The van der Waals surface area contributed by atoms with E-state index >= 15 is 0 Å². The first-order valence-corrected chi connectivity index (χ1v) is 7.91. The number of nitriles is 1. The Kier molecular flexibility index (Phi) is 5.09. The summed E-state index contributed by atoms with van der Waals surface area (Å²) in [6.07, 6.45) is 5.96. The van der Waals surface area contributed by atoms with Crippen LogP contribution in [0.15, 0.2) is 23.4 Å². The van der Waals surface area contributed by atoms with Crippen LogP contribution >= 0.6 is 23.4 Å². The first-order valence-electron chi connectivity index (χ1n) is 6.55. The van der Waals surface area contributed by atoms with Gasteiger partial charge in [0, 0.05) is 12.2 Å². The van der Waals surface area contributed by atoms with Crippen LogP contribution in [0.3, 0.4) is 0 Å². The lowest BCUT2D eigenvalue weighted by molar-refractivity contribution is 0.412. The summed E-state index contributed by atoms with van der Waals surface area (Å²) in [6.45, 7) is 2.00. The predicted molar refractivity (Wildman–Crippen MR) is 79.4 cm³/mol. The number of thioether (sulfide) groups is 1. The van der Waals surface area contributed by atoms with Crippen molar-refractivity contribution in [3.8, 4) is 6.07 Å². The van der Waals surface area contributed by atoms with Crippen molar-refractivity contribution in [1.82, 2.24) is 10.3 Å². The molecule has 0 bridgehead atoms. The summed E-state index contributed by atoms with van der Waals surface area (Å²) in [7, 11) is 0. The Bertz CT molecular complexity index is 453. The second-order valence-corrected chi connectivity index (χ2v) is 6.68. The minimum Gasteiger partial charge on any atom is -0.297 e. The van der Waals surface area contributed by atoms with Crippen LogP contribution in [0.5, 0.6) is 0 Å². The van der Waals surface area contributed by atoms with Crippen molar-refractivity contribution in [3.63, 3.8) is 0 Å². The van der Waals surface area contributed by atoms with Gasteiger partial charge in [0.15, 0.2) is 0 Å². The largest absolute Gasteiger partial charge is 0.297 e. The number of nitrogens with one attached hydrogen (secondary N) is 1. The summed E-state index contributed by atoms with van der Waals surface area (Å²) in [5.74, 6) is 0.970. The summed E-state index contributed by atoms with van der Waals surface area (Å²) >= 11 is 7.50. The lowest BCUT2D eigenvalue weighted by atomic mass is 9.98. The number of halogens is 1. The molecule has 2 rings (SSSR count). The molecule has 1 atom stereocenters. The molecule has 3 nitrogen and oxygen atoms in total. The van der Waals surface area contributed by atoms with Gasteiger partial charge in [-0.25, -0.2) is 4.98 Å². The average molecular weight is 296 g/mol. The summed E-state index contributed by atoms with van der Waals surface area (Å²) in [4.78, 5) is 4.24. The Labute approximate surface area is 123 Å². The van der Waals surface area contributed by atoms with Gasteiger partial charge < -0.3 is 0 Å². The van der Waals surface area contributed by atoms with E-state index in [2.05, 4.69) is 16.4 Å². The van der Waals surface area contributed by atoms with Crippen LogP contribution < -0.4 is 5.32 Å². The van der Waals surface area contributed by atoms with Crippen LogP contribution in [0, 0.1) is 11.3 Å². The number of hydrogen-bond acceptors (Lipinski definition) is 4. The highest BCUT2D eigenvalue weighted by molar-refractivity contribution is 7.99. The fraction of sp³-hybridized carbons (Fsp3) is 0.571. The zero-order chi connectivity index (χ0) is 13.7. The molecule has 1 aromatic rings. The van der Waals surface area contributed by atoms with Gasteiger partial charge in [-0.1, -0.05) is 11.6 Å². The molecule has 0 radical (unpaired) electrons. The molecule has 1 aliphatic carbocycles. The van der Waals surface area contributed by atoms with E-state index in [0.29, 0.717) is 11.1 Å². The van der Waals surface area contributed by atoms with Crippen LogP contribution in [0.1, 0.15) is 32.6 Å². The van der Waals surface area contributed by atoms with Gasteiger partial charge in [-0.05, 0) is 50.5 Å². The Morgan fingerprint density at radius 2 is 2.37 bits per heavy atom. The fourth-order valence-corrected chi connectivity index (χ4v) is 2.79. The maximum absolute atomic E-state index is 9.26. The van der Waals surface area contributed by atoms with Gasteiger partial charge >= 0.3 is 0 Å². The molecule has 1 fully saturated rings. The maximum Gasteiger partial charge on any atom is 0.104 e. The van der Waals surface area contributed by atoms with Crippen LogP contribution in [-0.4, -0.2) is 22.3 Å². The third-order valence-electron chi connectivity index (χ3n) is 3.12. The number of pyridine rings is 1. The number of hydrogen-bond donors (Lipinski definition) is 1. The molecule has 102 valence electrons. The van der Waals surface area contributed by atoms with Crippen molar-refractivity contribution in [1.29, 1.82) is 5.26 Å². The van der Waals surface area contributed by atoms with E-state index < -0.39 is 0 Å². The second kappa shape index (κ2) is 6.60. The molecular weight excluding hydrogens is 278 g/mol. The zero-order valence-electron chi connectivity index (χ0n) is 11.0. The van der Waals surface area contributed by atoms with E-state index in [9.17, 15) is 5.26 Å². The predicted octanol–water partition coefficient (Wildman–Crippen LogP) is 3.64. The number of nitrogens with zero attached hydrogens (tertiary/aromatic N) is 2. The number of rotatable bonds is 7. The molecule has 0 saturated heterocycles. The minimum absolute atomic E-state index is 0.380. The third kappa shape index (κ3) is 5.02. The van der Waals surface area contributed by atoms with Crippen LogP contribution in [0.4, 0.5) is 0 Å². The van der Waals surface area contributed by atoms with E-state index in [4.69, 9.17) is 11.6 Å². The Hall–Kier alpha value is -0.760. The first-order chi connectivity index (χ1) is 9.11. The van der Waals surface area contributed by atoms with Crippen molar-refractivity contribution < 1.29 is 0 Å². The van der Waals surface area contributed by atoms with E-state index in [1.165, 1.54) is 12.8 Å².